The maximum Gasteiger partial charge on any atom is 0.360 e. The zero-order valence-electron chi connectivity index (χ0n) is 8.79. The molecule has 0 saturated carbocycles. The Morgan fingerprint density at radius 3 is 2.80 bits per heavy atom. The highest BCUT2D eigenvalue weighted by Crippen LogP contribution is 2.23. The van der Waals surface area contributed by atoms with E-state index in [4.69, 9.17) is 22.1 Å². The van der Waals surface area contributed by atoms with E-state index >= 15 is 0 Å². The molecule has 0 spiro atoms. The normalized spacial score (nSPS) is 10.3. The molecule has 5 nitrogen and oxygen atoms in total. The Morgan fingerprint density at radius 1 is 1.60 bits per heavy atom. The van der Waals surface area contributed by atoms with Gasteiger partial charge in [0.15, 0.2) is 5.69 Å². The lowest BCUT2D eigenvalue weighted by atomic mass is 10.4. The van der Waals surface area contributed by atoms with Crippen molar-refractivity contribution in [3.8, 4) is 0 Å². The molecule has 0 aromatic carbocycles. The number of carbonyl (C=O) groups is 1. The molecule has 0 fully saturated rings. The molecule has 0 unspecified atom stereocenters. The van der Waals surface area contributed by atoms with Crippen molar-refractivity contribution in [3.05, 3.63) is 10.7 Å². The van der Waals surface area contributed by atoms with Gasteiger partial charge < -0.3 is 10.5 Å². The van der Waals surface area contributed by atoms with Gasteiger partial charge in [-0.25, -0.2) is 9.48 Å². The van der Waals surface area contributed by atoms with Crippen LogP contribution >= 0.6 is 11.6 Å². The molecule has 0 aliphatic heterocycles. The molecule has 0 aliphatic carbocycles. The van der Waals surface area contributed by atoms with Crippen LogP contribution in [0.3, 0.4) is 0 Å². The molecule has 0 amide bonds. The summed E-state index contributed by atoms with van der Waals surface area (Å²) in [7, 11) is 0. The second kappa shape index (κ2) is 5.02. The molecule has 0 atom stereocenters. The lowest BCUT2D eigenvalue weighted by molar-refractivity contribution is 0.0518. The van der Waals surface area contributed by atoms with Crippen molar-refractivity contribution in [2.45, 2.75) is 26.8 Å². The van der Waals surface area contributed by atoms with Crippen LogP contribution < -0.4 is 5.73 Å². The number of hydrogen-bond acceptors (Lipinski definition) is 4. The van der Waals surface area contributed by atoms with Gasteiger partial charge in [0.25, 0.3) is 0 Å². The van der Waals surface area contributed by atoms with Crippen molar-refractivity contribution in [1.82, 2.24) is 9.78 Å². The zero-order chi connectivity index (χ0) is 11.4. The van der Waals surface area contributed by atoms with Gasteiger partial charge in [-0.3, -0.25) is 0 Å². The van der Waals surface area contributed by atoms with E-state index in [1.165, 1.54) is 4.68 Å². The lowest BCUT2D eigenvalue weighted by Crippen LogP contribution is -2.08. The minimum Gasteiger partial charge on any atom is -0.461 e. The topological polar surface area (TPSA) is 70.1 Å². The molecule has 0 aliphatic rings. The molecule has 0 radical (unpaired) electrons. The fourth-order valence-electron chi connectivity index (χ4n) is 1.17. The number of aryl methyl sites for hydroxylation is 1. The van der Waals surface area contributed by atoms with E-state index in [9.17, 15) is 4.79 Å². The number of esters is 1. The van der Waals surface area contributed by atoms with Gasteiger partial charge in [0, 0.05) is 6.54 Å². The average molecular weight is 232 g/mol. The van der Waals surface area contributed by atoms with E-state index in [2.05, 4.69) is 5.10 Å². The Kier molecular flexibility index (Phi) is 3.96. The summed E-state index contributed by atoms with van der Waals surface area (Å²) in [6, 6.07) is 0. The van der Waals surface area contributed by atoms with E-state index in [0.29, 0.717) is 12.4 Å². The van der Waals surface area contributed by atoms with E-state index in [1.54, 1.807) is 6.92 Å². The van der Waals surface area contributed by atoms with Gasteiger partial charge in [-0.2, -0.15) is 5.10 Å². The molecule has 1 aromatic rings. The predicted octanol–water partition coefficient (Wildman–Crippen LogP) is 1.71. The van der Waals surface area contributed by atoms with Crippen LogP contribution in [0.5, 0.6) is 0 Å². The van der Waals surface area contributed by atoms with Crippen LogP contribution in [-0.2, 0) is 11.3 Å². The van der Waals surface area contributed by atoms with Gasteiger partial charge in [0.1, 0.15) is 10.8 Å². The Morgan fingerprint density at radius 2 is 2.27 bits per heavy atom. The van der Waals surface area contributed by atoms with E-state index in [1.807, 2.05) is 6.92 Å². The smallest absolute Gasteiger partial charge is 0.360 e. The second-order valence-corrected chi connectivity index (χ2v) is 3.37. The maximum atomic E-state index is 11.4. The fourth-order valence-corrected chi connectivity index (χ4v) is 1.38. The Bertz CT molecular complexity index is 362. The first kappa shape index (κ1) is 11.8. The summed E-state index contributed by atoms with van der Waals surface area (Å²) in [4.78, 5) is 11.4. The number of hydrogen-bond donors (Lipinski definition) is 1. The number of nitrogens with two attached hydrogens (primary N) is 1. The molecule has 1 rings (SSSR count). The summed E-state index contributed by atoms with van der Waals surface area (Å²) in [6.07, 6.45) is 0.866. The number of nitrogens with zero attached hydrogens (tertiary/aromatic N) is 2. The van der Waals surface area contributed by atoms with Crippen LogP contribution in [0.1, 0.15) is 30.8 Å². The van der Waals surface area contributed by atoms with Crippen LogP contribution in [0.4, 0.5) is 5.82 Å². The first-order valence-electron chi connectivity index (χ1n) is 4.80. The van der Waals surface area contributed by atoms with Crippen LogP contribution in [0.2, 0.25) is 5.02 Å². The first-order valence-corrected chi connectivity index (χ1v) is 5.18. The molecular formula is C9H14ClN3O2. The minimum absolute atomic E-state index is 0.0875. The number of ether oxygens (including phenoxy) is 1. The summed E-state index contributed by atoms with van der Waals surface area (Å²) in [5.74, 6) is -0.231. The summed E-state index contributed by atoms with van der Waals surface area (Å²) in [5.41, 5.74) is 5.77. The van der Waals surface area contributed by atoms with Gasteiger partial charge in [-0.15, -0.1) is 0 Å². The number of rotatable bonds is 4. The third-order valence-electron chi connectivity index (χ3n) is 1.84. The van der Waals surface area contributed by atoms with Crippen molar-refractivity contribution in [3.63, 3.8) is 0 Å². The maximum absolute atomic E-state index is 11.4. The molecule has 2 N–H and O–H groups in total. The number of halogens is 1. The predicted molar refractivity (Wildman–Crippen MR) is 57.9 cm³/mol. The minimum atomic E-state index is -0.538. The number of nitrogen functional groups attached to an aromatic ring is 1. The highest BCUT2D eigenvalue weighted by Gasteiger charge is 2.20. The van der Waals surface area contributed by atoms with Gasteiger partial charge >= 0.3 is 5.97 Å². The number of aromatic nitrogens is 2. The molecular weight excluding hydrogens is 218 g/mol. The summed E-state index contributed by atoms with van der Waals surface area (Å²) in [5, 5.41) is 4.17. The molecule has 0 bridgehead atoms. The van der Waals surface area contributed by atoms with Gasteiger partial charge in [-0.1, -0.05) is 18.5 Å². The van der Waals surface area contributed by atoms with E-state index < -0.39 is 5.97 Å². The van der Waals surface area contributed by atoms with E-state index in [0.717, 1.165) is 6.42 Å². The third-order valence-corrected chi connectivity index (χ3v) is 2.21. The highest BCUT2D eigenvalue weighted by molar-refractivity contribution is 6.35. The van der Waals surface area contributed by atoms with Crippen LogP contribution in [0.25, 0.3) is 0 Å². The zero-order valence-corrected chi connectivity index (χ0v) is 9.54. The van der Waals surface area contributed by atoms with Crippen LogP contribution in [-0.4, -0.2) is 22.4 Å². The van der Waals surface area contributed by atoms with Crippen LogP contribution in [0.15, 0.2) is 0 Å². The summed E-state index contributed by atoms with van der Waals surface area (Å²) in [6.45, 7) is 4.62. The molecule has 1 heterocycles. The molecule has 15 heavy (non-hydrogen) atoms. The first-order chi connectivity index (χ1) is 7.11. The largest absolute Gasteiger partial charge is 0.461 e. The van der Waals surface area contributed by atoms with Crippen molar-refractivity contribution < 1.29 is 9.53 Å². The van der Waals surface area contributed by atoms with Gasteiger partial charge in [0.2, 0.25) is 0 Å². The molecule has 6 heteroatoms. The lowest BCUT2D eigenvalue weighted by Gasteiger charge is -1.99. The second-order valence-electron chi connectivity index (χ2n) is 2.99. The van der Waals surface area contributed by atoms with E-state index in [-0.39, 0.29) is 17.3 Å². The number of anilines is 1. The Balaban J connectivity index is 2.99. The monoisotopic (exact) mass is 231 g/mol. The number of carbonyl (C=O) groups excluding carboxylic acids is 1. The Labute approximate surface area is 93.1 Å². The molecule has 84 valence electrons. The summed E-state index contributed by atoms with van der Waals surface area (Å²) < 4.78 is 6.31. The SMILES string of the molecule is CCCn1nc(C(=O)OCC)c(Cl)c1N. The van der Waals surface area contributed by atoms with Crippen molar-refractivity contribution >= 4 is 23.4 Å². The standard InChI is InChI=1S/C9H14ClN3O2/c1-3-5-13-8(11)6(10)7(12-13)9(14)15-4-2/h3-5,11H2,1-2H3. The quantitative estimate of drug-likeness (QED) is 0.801. The average Bonchev–Trinajstić information content (AvgIpc) is 2.47. The van der Waals surface area contributed by atoms with Gasteiger partial charge in [-0.05, 0) is 13.3 Å². The van der Waals surface area contributed by atoms with Crippen molar-refractivity contribution in [2.24, 2.45) is 0 Å². The summed E-state index contributed by atoms with van der Waals surface area (Å²) >= 11 is 5.87. The van der Waals surface area contributed by atoms with Crippen molar-refractivity contribution in [2.75, 3.05) is 12.3 Å². The molecule has 0 saturated heterocycles. The third kappa shape index (κ3) is 2.41. The van der Waals surface area contributed by atoms with Crippen molar-refractivity contribution in [1.29, 1.82) is 0 Å². The van der Waals surface area contributed by atoms with Gasteiger partial charge in [0.05, 0.1) is 6.61 Å². The molecule has 1 aromatic heterocycles. The Hall–Kier alpha value is -1.23. The fraction of sp³-hybridized carbons (Fsp3) is 0.556. The highest BCUT2D eigenvalue weighted by atomic mass is 35.5. The van der Waals surface area contributed by atoms with Crippen LogP contribution in [0, 0.1) is 0 Å².